The Bertz CT molecular complexity index is 1610. The van der Waals surface area contributed by atoms with Crippen molar-refractivity contribution in [3.05, 3.63) is 105 Å². The van der Waals surface area contributed by atoms with E-state index in [1.165, 1.54) is 22.6 Å². The molecule has 1 aliphatic heterocycles. The Kier molecular flexibility index (Phi) is 7.98. The van der Waals surface area contributed by atoms with Gasteiger partial charge in [-0.1, -0.05) is 17.2 Å². The van der Waals surface area contributed by atoms with Gasteiger partial charge in [-0.25, -0.2) is 26.0 Å². The number of benzene rings is 2. The van der Waals surface area contributed by atoms with Crippen molar-refractivity contribution >= 4 is 21.6 Å². The van der Waals surface area contributed by atoms with Crippen LogP contribution in [-0.2, 0) is 21.2 Å². The highest BCUT2D eigenvalue weighted by atomic mass is 32.2. The number of amides is 1. The highest BCUT2D eigenvalue weighted by Gasteiger charge is 2.50. The van der Waals surface area contributed by atoms with Crippen LogP contribution >= 0.6 is 0 Å². The van der Waals surface area contributed by atoms with Crippen molar-refractivity contribution in [2.24, 2.45) is 5.11 Å². The average molecular weight is 589 g/mol. The Hall–Kier alpha value is -4.00. The number of carbonyl (C=O) groups is 1. The molecular weight excluding hydrogens is 564 g/mol. The number of nitrogens with one attached hydrogen (secondary N) is 1. The first kappa shape index (κ1) is 28.5. The maximum atomic E-state index is 14.9. The molecule has 4 atom stereocenters. The second kappa shape index (κ2) is 11.5. The van der Waals surface area contributed by atoms with Crippen LogP contribution in [0.15, 0.2) is 60.0 Å². The van der Waals surface area contributed by atoms with E-state index in [9.17, 15) is 36.3 Å². The number of sulfonamides is 1. The van der Waals surface area contributed by atoms with Crippen LogP contribution in [0.25, 0.3) is 10.4 Å². The van der Waals surface area contributed by atoms with Crippen molar-refractivity contribution in [2.75, 3.05) is 11.9 Å². The molecule has 1 saturated carbocycles. The number of nitrogens with zero attached hydrogens (tertiary/aromatic N) is 5. The quantitative estimate of drug-likeness (QED) is 0.109. The molecule has 0 bridgehead atoms. The van der Waals surface area contributed by atoms with Crippen LogP contribution in [-0.4, -0.2) is 47.5 Å². The van der Waals surface area contributed by atoms with E-state index in [1.807, 2.05) is 0 Å². The van der Waals surface area contributed by atoms with Crippen LogP contribution < -0.4 is 5.32 Å². The fourth-order valence-electron chi connectivity index (χ4n) is 4.91. The summed E-state index contributed by atoms with van der Waals surface area (Å²) in [6.45, 7) is 0.343. The normalized spacial score (nSPS) is 19.6. The Morgan fingerprint density at radius 3 is 2.37 bits per heavy atom. The molecule has 14 heteroatoms. The molecule has 1 saturated heterocycles. The van der Waals surface area contributed by atoms with Crippen LogP contribution in [0, 0.1) is 23.3 Å². The lowest BCUT2D eigenvalue weighted by molar-refractivity contribution is -0.117. The summed E-state index contributed by atoms with van der Waals surface area (Å²) in [5.74, 6) is -5.39. The zero-order chi connectivity index (χ0) is 29.3. The largest absolute Gasteiger partial charge is 0.324 e. The van der Waals surface area contributed by atoms with E-state index in [0.29, 0.717) is 31.9 Å². The Morgan fingerprint density at radius 2 is 1.73 bits per heavy atom. The molecule has 2 aliphatic rings. The first-order valence-electron chi connectivity index (χ1n) is 12.8. The van der Waals surface area contributed by atoms with Gasteiger partial charge in [-0.15, -0.1) is 0 Å². The van der Waals surface area contributed by atoms with E-state index < -0.39 is 51.2 Å². The molecular formula is C27H24F4N6O3S. The van der Waals surface area contributed by atoms with Gasteiger partial charge in [-0.2, -0.15) is 4.31 Å². The van der Waals surface area contributed by atoms with Gasteiger partial charge in [0.15, 0.2) is 0 Å². The Balaban J connectivity index is 1.41. The number of aromatic nitrogens is 1. The second-order valence-electron chi connectivity index (χ2n) is 10.0. The highest BCUT2D eigenvalue weighted by Crippen LogP contribution is 2.38. The zero-order valence-electron chi connectivity index (χ0n) is 21.4. The van der Waals surface area contributed by atoms with E-state index in [0.717, 1.165) is 30.5 Å². The van der Waals surface area contributed by atoms with Gasteiger partial charge in [0.1, 0.15) is 29.3 Å². The maximum Gasteiger partial charge on any atom is 0.234 e. The van der Waals surface area contributed by atoms with Gasteiger partial charge in [0.25, 0.3) is 0 Å². The lowest BCUT2D eigenvalue weighted by Gasteiger charge is -2.25. The fourth-order valence-corrected chi connectivity index (χ4v) is 6.93. The molecule has 0 radical (unpaired) electrons. The highest BCUT2D eigenvalue weighted by molar-refractivity contribution is 7.90. The number of anilines is 1. The predicted octanol–water partition coefficient (Wildman–Crippen LogP) is 5.20. The van der Waals surface area contributed by atoms with Crippen LogP contribution in [0.5, 0.6) is 0 Å². The summed E-state index contributed by atoms with van der Waals surface area (Å²) < 4.78 is 83.1. The van der Waals surface area contributed by atoms with Crippen LogP contribution in [0.3, 0.4) is 0 Å². The summed E-state index contributed by atoms with van der Waals surface area (Å²) in [6.07, 6.45) is 3.80. The van der Waals surface area contributed by atoms with Gasteiger partial charge >= 0.3 is 0 Å². The minimum atomic E-state index is -3.34. The molecule has 3 aromatic rings. The van der Waals surface area contributed by atoms with Crippen molar-refractivity contribution in [1.29, 1.82) is 0 Å². The summed E-state index contributed by atoms with van der Waals surface area (Å²) in [6, 6.07) is 5.42. The van der Waals surface area contributed by atoms with Crippen LogP contribution in [0.4, 0.5) is 23.2 Å². The third-order valence-electron chi connectivity index (χ3n) is 7.16. The number of carbonyl (C=O) groups excluding carboxylic acids is 1. The summed E-state index contributed by atoms with van der Waals surface area (Å²) in [7, 11) is -3.34. The first-order valence-corrected chi connectivity index (χ1v) is 14.3. The third kappa shape index (κ3) is 6.34. The van der Waals surface area contributed by atoms with Crippen molar-refractivity contribution in [3.63, 3.8) is 0 Å². The third-order valence-corrected chi connectivity index (χ3v) is 9.58. The van der Waals surface area contributed by atoms with Gasteiger partial charge in [0, 0.05) is 35.0 Å². The van der Waals surface area contributed by atoms with Crippen LogP contribution in [0.1, 0.15) is 41.9 Å². The van der Waals surface area contributed by atoms with Gasteiger partial charge in [-0.05, 0) is 66.6 Å². The molecule has 9 nitrogen and oxygen atoms in total. The smallest absolute Gasteiger partial charge is 0.234 e. The van der Waals surface area contributed by atoms with Crippen molar-refractivity contribution in [2.45, 2.75) is 48.9 Å². The molecule has 214 valence electrons. The molecule has 2 fully saturated rings. The van der Waals surface area contributed by atoms with E-state index in [1.54, 1.807) is 0 Å². The van der Waals surface area contributed by atoms with Crippen LogP contribution in [0.2, 0.25) is 0 Å². The minimum absolute atomic E-state index is 0.0336. The Labute approximate surface area is 232 Å². The summed E-state index contributed by atoms with van der Waals surface area (Å²) in [5, 5.41) is 5.76. The van der Waals surface area contributed by atoms with E-state index in [2.05, 4.69) is 20.3 Å². The number of hydrogen-bond donors (Lipinski definition) is 1. The molecule has 2 aromatic carbocycles. The lowest BCUT2D eigenvalue weighted by Crippen LogP contribution is -2.33. The molecule has 1 N–H and O–H groups in total. The summed E-state index contributed by atoms with van der Waals surface area (Å²) in [5.41, 5.74) is 9.49. The molecule has 1 unspecified atom stereocenters. The number of rotatable bonds is 11. The lowest BCUT2D eigenvalue weighted by atomic mass is 9.84. The van der Waals surface area contributed by atoms with Gasteiger partial charge in [0.2, 0.25) is 15.9 Å². The fraction of sp³-hybridized carbons (Fsp3) is 0.333. The summed E-state index contributed by atoms with van der Waals surface area (Å²) >= 11 is 0. The van der Waals surface area contributed by atoms with E-state index >= 15 is 0 Å². The molecule has 2 heterocycles. The van der Waals surface area contributed by atoms with Crippen molar-refractivity contribution < 1.29 is 30.8 Å². The zero-order valence-corrected chi connectivity index (χ0v) is 22.2. The molecule has 1 aliphatic carbocycles. The topological polar surface area (TPSA) is 128 Å². The van der Waals surface area contributed by atoms with E-state index in [4.69, 9.17) is 0 Å². The van der Waals surface area contributed by atoms with Gasteiger partial charge < -0.3 is 5.32 Å². The number of pyridine rings is 1. The van der Waals surface area contributed by atoms with Crippen molar-refractivity contribution in [1.82, 2.24) is 9.29 Å². The number of azide groups is 1. The van der Waals surface area contributed by atoms with Gasteiger partial charge in [-0.3, -0.25) is 9.78 Å². The number of halogens is 4. The standard InChI is InChI=1S/C27H24F4N6O3S/c28-17-3-1-15(2-4-17)25(16-9-18(29)11-19(30)10-16)26(35-36-32)27(38)34-24-13-33-12-23(31)22(24)8-5-20-14-37(20)41(39,40)21-6-7-21/h1-4,9-13,20-21,25-26H,5-8,14H2,(H,34,38)/t20?,25-,26-,37-/m0/s1. The molecule has 5 rings (SSSR count). The average Bonchev–Trinajstić information content (AvgIpc) is 3.83. The van der Waals surface area contributed by atoms with E-state index in [-0.39, 0.29) is 40.1 Å². The molecule has 1 aromatic heterocycles. The molecule has 1 amide bonds. The molecule has 41 heavy (non-hydrogen) atoms. The Morgan fingerprint density at radius 1 is 1.05 bits per heavy atom. The predicted molar refractivity (Wildman–Crippen MR) is 141 cm³/mol. The first-order chi connectivity index (χ1) is 19.6. The minimum Gasteiger partial charge on any atom is -0.324 e. The SMILES string of the molecule is [N-]=[N+]=N[C@H](C(=O)Nc1cncc(F)c1CCC1C[N@]1S(=O)(=O)C1CC1)[C@@H](c1ccc(F)cc1)c1cc(F)cc(F)c1. The van der Waals surface area contributed by atoms with Gasteiger partial charge in [0.05, 0.1) is 23.3 Å². The second-order valence-corrected chi connectivity index (χ2v) is 12.2. The monoisotopic (exact) mass is 588 g/mol. The maximum absolute atomic E-state index is 14.9. The molecule has 0 spiro atoms. The summed E-state index contributed by atoms with van der Waals surface area (Å²) in [4.78, 5) is 20.1. The number of hydrogen-bond acceptors (Lipinski definition) is 5. The van der Waals surface area contributed by atoms with Crippen molar-refractivity contribution in [3.8, 4) is 0 Å².